The molecule has 7 nitrogen and oxygen atoms in total. The summed E-state index contributed by atoms with van der Waals surface area (Å²) in [5.74, 6) is 0.617. The van der Waals surface area contributed by atoms with Crippen molar-refractivity contribution in [2.45, 2.75) is 19.9 Å². The molecule has 0 bridgehead atoms. The fourth-order valence-electron chi connectivity index (χ4n) is 2.99. The van der Waals surface area contributed by atoms with Crippen LogP contribution < -0.4 is 15.4 Å². The molecule has 0 spiro atoms. The summed E-state index contributed by atoms with van der Waals surface area (Å²) < 4.78 is 5.42. The zero-order chi connectivity index (χ0) is 20.2. The number of carbonyl (C=O) groups is 2. The summed E-state index contributed by atoms with van der Waals surface area (Å²) in [5.41, 5.74) is 1.67. The highest BCUT2D eigenvalue weighted by Crippen LogP contribution is 2.29. The lowest BCUT2D eigenvalue weighted by Gasteiger charge is -2.26. The summed E-state index contributed by atoms with van der Waals surface area (Å²) in [4.78, 5) is 32.8. The Labute approximate surface area is 176 Å². The Morgan fingerprint density at radius 2 is 2.03 bits per heavy atom. The molecule has 0 saturated carbocycles. The van der Waals surface area contributed by atoms with Crippen molar-refractivity contribution in [3.05, 3.63) is 57.2 Å². The zero-order valence-electron chi connectivity index (χ0n) is 15.8. The van der Waals surface area contributed by atoms with Crippen molar-refractivity contribution in [3.63, 3.8) is 0 Å². The number of urea groups is 1. The number of benzene rings is 1. The van der Waals surface area contributed by atoms with E-state index in [-0.39, 0.29) is 11.9 Å². The third kappa shape index (κ3) is 4.57. The van der Waals surface area contributed by atoms with E-state index in [2.05, 4.69) is 15.6 Å². The molecule has 0 fully saturated rings. The van der Waals surface area contributed by atoms with Crippen LogP contribution in [0, 0.1) is 0 Å². The second kappa shape index (κ2) is 8.62. The van der Waals surface area contributed by atoms with E-state index in [9.17, 15) is 9.59 Å². The first-order valence-corrected chi connectivity index (χ1v) is 10.9. The third-order valence-electron chi connectivity index (χ3n) is 4.40. The van der Waals surface area contributed by atoms with Gasteiger partial charge in [0.15, 0.2) is 5.13 Å². The molecule has 9 heteroatoms. The molecule has 3 amide bonds. The van der Waals surface area contributed by atoms with Crippen LogP contribution in [0.15, 0.2) is 41.8 Å². The fourth-order valence-corrected chi connectivity index (χ4v) is 4.63. The molecule has 150 valence electrons. The topological polar surface area (TPSA) is 83.6 Å². The van der Waals surface area contributed by atoms with Crippen LogP contribution in [0.3, 0.4) is 0 Å². The molecule has 1 aliphatic heterocycles. The Kier molecular flexibility index (Phi) is 5.77. The molecule has 3 aromatic rings. The first-order valence-electron chi connectivity index (χ1n) is 9.24. The molecule has 3 heterocycles. The Balaban J connectivity index is 1.37. The van der Waals surface area contributed by atoms with E-state index in [1.165, 1.54) is 22.7 Å². The molecule has 0 unspecified atom stereocenters. The number of ether oxygens (including phenoxy) is 1. The number of anilines is 2. The van der Waals surface area contributed by atoms with Gasteiger partial charge in [-0.3, -0.25) is 10.1 Å². The van der Waals surface area contributed by atoms with E-state index in [0.29, 0.717) is 36.1 Å². The minimum absolute atomic E-state index is 0.155. The van der Waals surface area contributed by atoms with Gasteiger partial charge in [0.05, 0.1) is 23.7 Å². The van der Waals surface area contributed by atoms with Gasteiger partial charge in [0.2, 0.25) is 0 Å². The number of hydrogen-bond donors (Lipinski definition) is 2. The number of thiazole rings is 1. The van der Waals surface area contributed by atoms with Gasteiger partial charge in [-0.2, -0.15) is 0 Å². The van der Waals surface area contributed by atoms with Crippen molar-refractivity contribution < 1.29 is 14.3 Å². The van der Waals surface area contributed by atoms with Crippen LogP contribution >= 0.6 is 22.7 Å². The molecule has 2 N–H and O–H groups in total. The van der Waals surface area contributed by atoms with Gasteiger partial charge in [0, 0.05) is 23.5 Å². The lowest BCUT2D eigenvalue weighted by atomic mass is 10.2. The van der Waals surface area contributed by atoms with Crippen molar-refractivity contribution in [1.29, 1.82) is 0 Å². The molecule has 0 aliphatic carbocycles. The number of carbonyl (C=O) groups excluding carboxylic acids is 2. The van der Waals surface area contributed by atoms with Crippen LogP contribution in [0.4, 0.5) is 15.6 Å². The molecular weight excluding hydrogens is 408 g/mol. The molecule has 1 aliphatic rings. The van der Waals surface area contributed by atoms with Gasteiger partial charge >= 0.3 is 6.03 Å². The number of nitrogens with one attached hydrogen (secondary N) is 2. The van der Waals surface area contributed by atoms with Crippen LogP contribution in [0.1, 0.15) is 27.2 Å². The average molecular weight is 429 g/mol. The highest BCUT2D eigenvalue weighted by molar-refractivity contribution is 7.16. The number of aromatic nitrogens is 1. The van der Waals surface area contributed by atoms with Crippen molar-refractivity contribution in [3.8, 4) is 5.75 Å². The number of thiophene rings is 1. The van der Waals surface area contributed by atoms with E-state index < -0.39 is 0 Å². The van der Waals surface area contributed by atoms with Crippen LogP contribution in [-0.2, 0) is 13.0 Å². The average Bonchev–Trinajstić information content (AvgIpc) is 3.38. The molecule has 2 aromatic heterocycles. The third-order valence-corrected chi connectivity index (χ3v) is 6.27. The number of amides is 3. The molecule has 0 radical (unpaired) electrons. The quantitative estimate of drug-likeness (QED) is 0.629. The standard InChI is InChI=1S/C20H20N4O3S2/c1-2-27-14-7-5-13(6-8-14)21-20(26)24-10-9-15-17(12-24)29-19(22-15)23-18(25)16-4-3-11-28-16/h3-8,11H,2,9-10,12H2,1H3,(H,21,26)(H,22,23,25). The molecular formula is C20H20N4O3S2. The SMILES string of the molecule is CCOc1ccc(NC(=O)N2CCc3nc(NC(=O)c4cccs4)sc3C2)cc1. The minimum Gasteiger partial charge on any atom is -0.494 e. The van der Waals surface area contributed by atoms with E-state index >= 15 is 0 Å². The van der Waals surface area contributed by atoms with Gasteiger partial charge < -0.3 is 15.0 Å². The Hall–Kier alpha value is -2.91. The Morgan fingerprint density at radius 3 is 2.76 bits per heavy atom. The van der Waals surface area contributed by atoms with Gasteiger partial charge in [-0.1, -0.05) is 17.4 Å². The van der Waals surface area contributed by atoms with Gasteiger partial charge in [-0.05, 0) is 42.6 Å². The van der Waals surface area contributed by atoms with Crippen molar-refractivity contribution >= 4 is 45.4 Å². The first-order chi connectivity index (χ1) is 14.1. The molecule has 0 atom stereocenters. The van der Waals surface area contributed by atoms with Crippen LogP contribution in [0.2, 0.25) is 0 Å². The van der Waals surface area contributed by atoms with Crippen molar-refractivity contribution in [1.82, 2.24) is 9.88 Å². The first kappa shape index (κ1) is 19.4. The van der Waals surface area contributed by atoms with Crippen LogP contribution in [0.25, 0.3) is 0 Å². The summed E-state index contributed by atoms with van der Waals surface area (Å²) in [6.45, 7) is 3.59. The second-order valence-corrected chi connectivity index (χ2v) is 8.41. The maximum absolute atomic E-state index is 12.6. The van der Waals surface area contributed by atoms with Crippen molar-refractivity contribution in [2.75, 3.05) is 23.8 Å². The number of fused-ring (bicyclic) bond motifs is 1. The summed E-state index contributed by atoms with van der Waals surface area (Å²) >= 11 is 2.81. The normalized spacial score (nSPS) is 12.9. The Bertz CT molecular complexity index is 999. The van der Waals surface area contributed by atoms with Gasteiger partial charge in [0.1, 0.15) is 5.75 Å². The smallest absolute Gasteiger partial charge is 0.322 e. The van der Waals surface area contributed by atoms with E-state index in [0.717, 1.165) is 22.0 Å². The fraction of sp³-hybridized carbons (Fsp3) is 0.250. The predicted octanol–water partition coefficient (Wildman–Crippen LogP) is 4.45. The summed E-state index contributed by atoms with van der Waals surface area (Å²) in [6, 6.07) is 10.8. The van der Waals surface area contributed by atoms with E-state index in [4.69, 9.17) is 4.74 Å². The highest BCUT2D eigenvalue weighted by atomic mass is 32.1. The lowest BCUT2D eigenvalue weighted by molar-refractivity contribution is 0.103. The summed E-state index contributed by atoms with van der Waals surface area (Å²) in [6.07, 6.45) is 0.664. The maximum atomic E-state index is 12.6. The van der Waals surface area contributed by atoms with Gasteiger partial charge in [0.25, 0.3) is 5.91 Å². The molecule has 29 heavy (non-hydrogen) atoms. The highest BCUT2D eigenvalue weighted by Gasteiger charge is 2.25. The summed E-state index contributed by atoms with van der Waals surface area (Å²) in [7, 11) is 0. The molecule has 4 rings (SSSR count). The van der Waals surface area contributed by atoms with Crippen LogP contribution in [-0.4, -0.2) is 35.0 Å². The van der Waals surface area contributed by atoms with Crippen LogP contribution in [0.5, 0.6) is 5.75 Å². The number of rotatable bonds is 5. The Morgan fingerprint density at radius 1 is 1.21 bits per heavy atom. The molecule has 1 aromatic carbocycles. The second-order valence-electron chi connectivity index (χ2n) is 6.38. The number of nitrogens with zero attached hydrogens (tertiary/aromatic N) is 2. The number of hydrogen-bond acceptors (Lipinski definition) is 6. The lowest BCUT2D eigenvalue weighted by Crippen LogP contribution is -2.38. The summed E-state index contributed by atoms with van der Waals surface area (Å²) in [5, 5.41) is 8.20. The van der Waals surface area contributed by atoms with E-state index in [1.54, 1.807) is 11.0 Å². The minimum atomic E-state index is -0.156. The van der Waals surface area contributed by atoms with E-state index in [1.807, 2.05) is 42.6 Å². The van der Waals surface area contributed by atoms with Gasteiger partial charge in [-0.25, -0.2) is 9.78 Å². The van der Waals surface area contributed by atoms with Crippen molar-refractivity contribution in [2.24, 2.45) is 0 Å². The maximum Gasteiger partial charge on any atom is 0.322 e. The molecule has 0 saturated heterocycles. The largest absolute Gasteiger partial charge is 0.494 e. The van der Waals surface area contributed by atoms with Gasteiger partial charge in [-0.15, -0.1) is 11.3 Å². The predicted molar refractivity (Wildman–Crippen MR) is 115 cm³/mol. The zero-order valence-corrected chi connectivity index (χ0v) is 17.4. The monoisotopic (exact) mass is 428 g/mol.